The lowest BCUT2D eigenvalue weighted by molar-refractivity contribution is -0.117. The lowest BCUT2D eigenvalue weighted by Crippen LogP contribution is -2.47. The largest absolute Gasteiger partial charge is 0.494 e. The average molecular weight is 478 g/mol. The van der Waals surface area contributed by atoms with E-state index in [1.165, 1.54) is 19.3 Å². The van der Waals surface area contributed by atoms with Crippen LogP contribution in [0.25, 0.3) is 11.1 Å². The number of hydrogen-bond acceptors (Lipinski definition) is 6. The van der Waals surface area contributed by atoms with Crippen molar-refractivity contribution >= 4 is 17.1 Å². The van der Waals surface area contributed by atoms with Gasteiger partial charge in [0.25, 0.3) is 5.91 Å². The number of hydrogen-bond donors (Lipinski definition) is 2. The van der Waals surface area contributed by atoms with E-state index in [4.69, 9.17) is 9.84 Å². The van der Waals surface area contributed by atoms with Gasteiger partial charge in [0.2, 0.25) is 5.82 Å². The van der Waals surface area contributed by atoms with Crippen LogP contribution >= 0.6 is 0 Å². The van der Waals surface area contributed by atoms with E-state index in [9.17, 15) is 4.79 Å². The standard InChI is InChI=1S/C26H35N7O2/c1-5-6-7-8-15-35-20-11-9-19(10-12-20)26(4)16-21(22-13-14-33(30-22)17-18(2)3)23(25(34)27-26)24-28-31-32-29-24/h9-14,18H,5-8,15-17H2,1-4H3,(H,27,34)(H,28,29,31,32)/t26-/m0/s1. The van der Waals surface area contributed by atoms with Gasteiger partial charge >= 0.3 is 0 Å². The number of nitrogens with one attached hydrogen (secondary N) is 2. The van der Waals surface area contributed by atoms with Gasteiger partial charge in [0.05, 0.1) is 23.4 Å². The van der Waals surface area contributed by atoms with Crippen LogP contribution in [-0.4, -0.2) is 42.9 Å². The first kappa shape index (κ1) is 24.6. The van der Waals surface area contributed by atoms with Crippen LogP contribution in [0.15, 0.2) is 36.5 Å². The van der Waals surface area contributed by atoms with E-state index in [1.807, 2.05) is 48.1 Å². The summed E-state index contributed by atoms with van der Waals surface area (Å²) in [6.07, 6.45) is 7.17. The minimum atomic E-state index is -0.624. The molecule has 0 saturated carbocycles. The first-order valence-corrected chi connectivity index (χ1v) is 12.5. The third-order valence-corrected chi connectivity index (χ3v) is 6.28. The van der Waals surface area contributed by atoms with E-state index in [1.54, 1.807) is 0 Å². The Morgan fingerprint density at radius 1 is 1.14 bits per heavy atom. The summed E-state index contributed by atoms with van der Waals surface area (Å²) in [7, 11) is 0. The molecule has 4 rings (SSSR count). The fourth-order valence-electron chi connectivity index (χ4n) is 4.47. The number of unbranched alkanes of at least 4 members (excludes halogenated alkanes) is 3. The van der Waals surface area contributed by atoms with E-state index in [0.29, 0.717) is 24.5 Å². The topological polar surface area (TPSA) is 111 Å². The second kappa shape index (κ2) is 10.8. The molecule has 0 radical (unpaired) electrons. The predicted octanol–water partition coefficient (Wildman–Crippen LogP) is 4.36. The molecule has 0 bridgehead atoms. The maximum atomic E-state index is 13.4. The third kappa shape index (κ3) is 5.78. The van der Waals surface area contributed by atoms with Gasteiger partial charge in [-0.15, -0.1) is 10.2 Å². The van der Waals surface area contributed by atoms with Crippen molar-refractivity contribution in [3.05, 3.63) is 53.6 Å². The quantitative estimate of drug-likeness (QED) is 0.397. The minimum absolute atomic E-state index is 0.246. The maximum absolute atomic E-state index is 13.4. The van der Waals surface area contributed by atoms with Crippen molar-refractivity contribution in [1.29, 1.82) is 0 Å². The van der Waals surface area contributed by atoms with Crippen LogP contribution in [-0.2, 0) is 16.9 Å². The van der Waals surface area contributed by atoms with Crippen LogP contribution in [0.1, 0.15) is 76.9 Å². The number of carbonyl (C=O) groups is 1. The molecule has 1 aromatic carbocycles. The number of tetrazole rings is 1. The third-order valence-electron chi connectivity index (χ3n) is 6.28. The maximum Gasteiger partial charge on any atom is 0.256 e. The van der Waals surface area contributed by atoms with Crippen molar-refractivity contribution in [3.63, 3.8) is 0 Å². The molecule has 3 heterocycles. The Balaban J connectivity index is 1.60. The van der Waals surface area contributed by atoms with Gasteiger partial charge in [-0.1, -0.05) is 52.2 Å². The summed E-state index contributed by atoms with van der Waals surface area (Å²) in [5, 5.41) is 22.2. The zero-order chi connectivity index (χ0) is 24.8. The molecule has 186 valence electrons. The molecule has 9 nitrogen and oxygen atoms in total. The zero-order valence-electron chi connectivity index (χ0n) is 21.0. The second-order valence-electron chi connectivity index (χ2n) is 9.80. The molecule has 35 heavy (non-hydrogen) atoms. The molecule has 9 heteroatoms. The van der Waals surface area contributed by atoms with E-state index >= 15 is 0 Å². The van der Waals surface area contributed by atoms with Gasteiger partial charge in [-0.25, -0.2) is 0 Å². The van der Waals surface area contributed by atoms with Crippen LogP contribution in [0, 0.1) is 5.92 Å². The number of H-pyrrole nitrogens is 1. The summed E-state index contributed by atoms with van der Waals surface area (Å²) in [5.74, 6) is 1.32. The molecule has 2 aromatic heterocycles. The Hall–Kier alpha value is -3.49. The van der Waals surface area contributed by atoms with Crippen molar-refractivity contribution in [3.8, 4) is 5.75 Å². The summed E-state index contributed by atoms with van der Waals surface area (Å²) >= 11 is 0. The van der Waals surface area contributed by atoms with Crippen molar-refractivity contribution in [1.82, 2.24) is 35.7 Å². The SMILES string of the molecule is CCCCCCOc1ccc([C@]2(C)CC(c3ccn(CC(C)C)n3)=C(c3nn[nH]n3)C(=O)N2)cc1. The number of aromatic nitrogens is 6. The fourth-order valence-corrected chi connectivity index (χ4v) is 4.47. The van der Waals surface area contributed by atoms with Crippen molar-refractivity contribution in [2.45, 2.75) is 71.9 Å². The molecule has 1 amide bonds. The number of carbonyl (C=O) groups excluding carboxylic acids is 1. The minimum Gasteiger partial charge on any atom is -0.494 e. The summed E-state index contributed by atoms with van der Waals surface area (Å²) in [5.41, 5.74) is 2.32. The van der Waals surface area contributed by atoms with Gasteiger partial charge < -0.3 is 10.1 Å². The molecular formula is C26H35N7O2. The molecule has 0 saturated heterocycles. The van der Waals surface area contributed by atoms with Crippen LogP contribution in [0.5, 0.6) is 5.75 Å². The number of benzene rings is 1. The fraction of sp³-hybridized carbons (Fsp3) is 0.500. The molecule has 0 unspecified atom stereocenters. The number of ether oxygens (including phenoxy) is 1. The number of aromatic amines is 1. The smallest absolute Gasteiger partial charge is 0.256 e. The molecular weight excluding hydrogens is 442 g/mol. The molecule has 1 aliphatic heterocycles. The van der Waals surface area contributed by atoms with E-state index < -0.39 is 5.54 Å². The normalized spacial score (nSPS) is 18.3. The Bertz CT molecular complexity index is 1150. The number of nitrogens with zero attached hydrogens (tertiary/aromatic N) is 5. The van der Waals surface area contributed by atoms with Gasteiger partial charge in [0.15, 0.2) is 0 Å². The second-order valence-corrected chi connectivity index (χ2v) is 9.80. The molecule has 3 aromatic rings. The highest BCUT2D eigenvalue weighted by atomic mass is 16.5. The lowest BCUT2D eigenvalue weighted by Gasteiger charge is -2.36. The highest BCUT2D eigenvalue weighted by Gasteiger charge is 2.40. The van der Waals surface area contributed by atoms with Gasteiger partial charge in [0, 0.05) is 19.2 Å². The molecule has 0 aliphatic carbocycles. The van der Waals surface area contributed by atoms with Gasteiger partial charge in [-0.05, 0) is 53.8 Å². The first-order valence-electron chi connectivity index (χ1n) is 12.5. The summed E-state index contributed by atoms with van der Waals surface area (Å²) in [6.45, 7) is 10.0. The van der Waals surface area contributed by atoms with Gasteiger partial charge in [-0.2, -0.15) is 10.3 Å². The van der Waals surface area contributed by atoms with Crippen molar-refractivity contribution in [2.24, 2.45) is 5.92 Å². The highest BCUT2D eigenvalue weighted by molar-refractivity contribution is 6.27. The highest BCUT2D eigenvalue weighted by Crippen LogP contribution is 2.40. The Labute approximate surface area is 206 Å². The molecule has 0 spiro atoms. The Morgan fingerprint density at radius 2 is 1.94 bits per heavy atom. The Morgan fingerprint density at radius 3 is 2.63 bits per heavy atom. The number of amides is 1. The molecule has 1 aliphatic rings. The lowest BCUT2D eigenvalue weighted by atomic mass is 9.79. The summed E-state index contributed by atoms with van der Waals surface area (Å²) in [6, 6.07) is 9.95. The monoisotopic (exact) mass is 477 g/mol. The summed E-state index contributed by atoms with van der Waals surface area (Å²) in [4.78, 5) is 13.4. The van der Waals surface area contributed by atoms with Crippen LogP contribution in [0.3, 0.4) is 0 Å². The van der Waals surface area contributed by atoms with E-state index in [-0.39, 0.29) is 11.7 Å². The number of rotatable bonds is 11. The van der Waals surface area contributed by atoms with Crippen LogP contribution in [0.4, 0.5) is 0 Å². The molecule has 2 N–H and O–H groups in total. The van der Waals surface area contributed by atoms with Crippen LogP contribution in [0.2, 0.25) is 0 Å². The molecule has 1 atom stereocenters. The van der Waals surface area contributed by atoms with Crippen molar-refractivity contribution in [2.75, 3.05) is 6.61 Å². The van der Waals surface area contributed by atoms with Gasteiger partial charge in [0.1, 0.15) is 5.75 Å². The van der Waals surface area contributed by atoms with E-state index in [2.05, 4.69) is 46.7 Å². The van der Waals surface area contributed by atoms with Crippen LogP contribution < -0.4 is 10.1 Å². The van der Waals surface area contributed by atoms with Crippen molar-refractivity contribution < 1.29 is 9.53 Å². The zero-order valence-corrected chi connectivity index (χ0v) is 21.0. The average Bonchev–Trinajstić information content (AvgIpc) is 3.51. The Kier molecular flexibility index (Phi) is 7.63. The van der Waals surface area contributed by atoms with Gasteiger partial charge in [-0.3, -0.25) is 9.48 Å². The van der Waals surface area contributed by atoms with E-state index in [0.717, 1.165) is 35.5 Å². The summed E-state index contributed by atoms with van der Waals surface area (Å²) < 4.78 is 7.82. The molecule has 0 fully saturated rings. The predicted molar refractivity (Wildman–Crippen MR) is 134 cm³/mol. The first-order chi connectivity index (χ1) is 16.9.